The molecule has 1 aliphatic heterocycles. The van der Waals surface area contributed by atoms with Gasteiger partial charge in [0.05, 0.1) is 5.56 Å². The van der Waals surface area contributed by atoms with Gasteiger partial charge in [0, 0.05) is 12.2 Å². The van der Waals surface area contributed by atoms with Crippen LogP contribution in [0.5, 0.6) is 11.6 Å². The number of amides is 1. The van der Waals surface area contributed by atoms with Crippen molar-refractivity contribution in [1.82, 2.24) is 4.98 Å². The summed E-state index contributed by atoms with van der Waals surface area (Å²) in [5.74, 6) is 0.996. The number of fused-ring (bicyclic) bond motifs is 2. The fourth-order valence-electron chi connectivity index (χ4n) is 2.34. The minimum absolute atomic E-state index is 0.0401. The molecule has 0 saturated carbocycles. The Bertz CT molecular complexity index is 654. The summed E-state index contributed by atoms with van der Waals surface area (Å²) in [6.07, 6.45) is 2.54. The zero-order valence-electron chi connectivity index (χ0n) is 11.5. The molecule has 0 radical (unpaired) electrons. The Morgan fingerprint density at radius 3 is 2.85 bits per heavy atom. The van der Waals surface area contributed by atoms with E-state index in [1.807, 2.05) is 31.2 Å². The lowest BCUT2D eigenvalue weighted by molar-refractivity contribution is 0.0978. The molecule has 3 rings (SSSR count). The van der Waals surface area contributed by atoms with Crippen molar-refractivity contribution in [1.29, 1.82) is 0 Å². The second-order valence-corrected chi connectivity index (χ2v) is 4.86. The lowest BCUT2D eigenvalue weighted by Gasteiger charge is -2.27. The van der Waals surface area contributed by atoms with Gasteiger partial charge in [-0.15, -0.1) is 0 Å². The van der Waals surface area contributed by atoms with Crippen LogP contribution >= 0.6 is 0 Å². The minimum Gasteiger partial charge on any atom is -0.436 e. The van der Waals surface area contributed by atoms with Crippen LogP contribution in [0.3, 0.4) is 0 Å². The number of hydrogen-bond donors (Lipinski definition) is 0. The molecule has 2 aromatic rings. The number of nitrogens with zero attached hydrogens (tertiary/aromatic N) is 2. The highest BCUT2D eigenvalue weighted by atomic mass is 16.5. The fourth-order valence-corrected chi connectivity index (χ4v) is 2.34. The van der Waals surface area contributed by atoms with Crippen molar-refractivity contribution in [3.8, 4) is 11.6 Å². The number of carbonyl (C=O) groups excluding carboxylic acids is 1. The fraction of sp³-hybridized carbons (Fsp3) is 0.250. The number of hydrogen-bond acceptors (Lipinski definition) is 3. The summed E-state index contributed by atoms with van der Waals surface area (Å²) in [4.78, 5) is 18.9. The molecule has 0 fully saturated rings. The maximum atomic E-state index is 12.8. The number of rotatable bonds is 2. The van der Waals surface area contributed by atoms with Crippen LogP contribution in [0.25, 0.3) is 0 Å². The van der Waals surface area contributed by atoms with E-state index in [9.17, 15) is 4.79 Å². The molecule has 0 saturated heterocycles. The normalized spacial score (nSPS) is 14.9. The molecule has 0 spiro atoms. The van der Waals surface area contributed by atoms with Gasteiger partial charge in [-0.3, -0.25) is 4.79 Å². The van der Waals surface area contributed by atoms with Crippen LogP contribution in [-0.4, -0.2) is 16.9 Å². The number of para-hydroxylation sites is 1. The highest BCUT2D eigenvalue weighted by Crippen LogP contribution is 2.38. The summed E-state index contributed by atoms with van der Waals surface area (Å²) in [5.41, 5.74) is 1.30. The van der Waals surface area contributed by atoms with E-state index in [1.165, 1.54) is 0 Å². The van der Waals surface area contributed by atoms with E-state index in [0.29, 0.717) is 17.2 Å². The standard InChI is InChI=1S/C16H16N2O2/c1-3-11(2)18-13-8-6-10-17-15(13)20-14-9-5-4-7-12(14)16(18)19/h4-11H,3H2,1-2H3. The first-order valence-corrected chi connectivity index (χ1v) is 6.77. The topological polar surface area (TPSA) is 42.4 Å². The maximum absolute atomic E-state index is 12.8. The molecule has 20 heavy (non-hydrogen) atoms. The van der Waals surface area contributed by atoms with Crippen molar-refractivity contribution in [2.24, 2.45) is 0 Å². The van der Waals surface area contributed by atoms with E-state index in [2.05, 4.69) is 11.9 Å². The molecule has 102 valence electrons. The first-order valence-electron chi connectivity index (χ1n) is 6.77. The molecule has 0 aliphatic carbocycles. The van der Waals surface area contributed by atoms with Crippen LogP contribution in [-0.2, 0) is 0 Å². The minimum atomic E-state index is -0.0401. The number of aromatic nitrogens is 1. The zero-order valence-corrected chi connectivity index (χ0v) is 11.5. The van der Waals surface area contributed by atoms with E-state index < -0.39 is 0 Å². The van der Waals surface area contributed by atoms with Gasteiger partial charge >= 0.3 is 0 Å². The number of pyridine rings is 1. The molecule has 1 unspecified atom stereocenters. The van der Waals surface area contributed by atoms with Crippen molar-refractivity contribution in [2.45, 2.75) is 26.3 Å². The third kappa shape index (κ3) is 1.93. The predicted molar refractivity (Wildman–Crippen MR) is 77.3 cm³/mol. The van der Waals surface area contributed by atoms with Gasteiger partial charge in [-0.25, -0.2) is 4.98 Å². The van der Waals surface area contributed by atoms with Crippen molar-refractivity contribution in [2.75, 3.05) is 4.90 Å². The summed E-state index contributed by atoms with van der Waals surface area (Å²) < 4.78 is 5.82. The molecule has 1 amide bonds. The summed E-state index contributed by atoms with van der Waals surface area (Å²) >= 11 is 0. The molecule has 4 heteroatoms. The van der Waals surface area contributed by atoms with Gasteiger partial charge < -0.3 is 9.64 Å². The lowest BCUT2D eigenvalue weighted by Crippen LogP contribution is -2.38. The number of ether oxygens (including phenoxy) is 1. The molecular weight excluding hydrogens is 252 g/mol. The van der Waals surface area contributed by atoms with Gasteiger partial charge in [0.25, 0.3) is 5.91 Å². The molecule has 1 aromatic carbocycles. The molecule has 0 bridgehead atoms. The van der Waals surface area contributed by atoms with Gasteiger partial charge in [-0.05, 0) is 37.6 Å². The summed E-state index contributed by atoms with van der Waals surface area (Å²) in [7, 11) is 0. The van der Waals surface area contributed by atoms with E-state index in [1.54, 1.807) is 23.2 Å². The smallest absolute Gasteiger partial charge is 0.262 e. The van der Waals surface area contributed by atoms with Crippen LogP contribution in [0.2, 0.25) is 0 Å². The van der Waals surface area contributed by atoms with Gasteiger partial charge in [-0.1, -0.05) is 19.1 Å². The van der Waals surface area contributed by atoms with Crippen LogP contribution in [0, 0.1) is 0 Å². The number of anilines is 1. The Labute approximate surface area is 118 Å². The summed E-state index contributed by atoms with van der Waals surface area (Å²) in [5, 5.41) is 0. The van der Waals surface area contributed by atoms with Gasteiger partial charge in [0.15, 0.2) is 0 Å². The Hall–Kier alpha value is -2.36. The lowest BCUT2D eigenvalue weighted by atomic mass is 10.1. The summed E-state index contributed by atoms with van der Waals surface area (Å²) in [6, 6.07) is 11.1. The van der Waals surface area contributed by atoms with E-state index >= 15 is 0 Å². The van der Waals surface area contributed by atoms with Crippen LogP contribution in [0.15, 0.2) is 42.6 Å². The highest BCUT2D eigenvalue weighted by Gasteiger charge is 2.31. The molecule has 0 N–H and O–H groups in total. The van der Waals surface area contributed by atoms with Gasteiger partial charge in [0.1, 0.15) is 11.4 Å². The van der Waals surface area contributed by atoms with Crippen molar-refractivity contribution >= 4 is 11.6 Å². The van der Waals surface area contributed by atoms with Gasteiger partial charge in [-0.2, -0.15) is 0 Å². The second-order valence-electron chi connectivity index (χ2n) is 4.86. The van der Waals surface area contributed by atoms with E-state index in [4.69, 9.17) is 4.74 Å². The van der Waals surface area contributed by atoms with E-state index in [0.717, 1.165) is 12.1 Å². The Balaban J connectivity index is 2.21. The number of benzene rings is 1. The largest absolute Gasteiger partial charge is 0.436 e. The highest BCUT2D eigenvalue weighted by molar-refractivity contribution is 6.09. The van der Waals surface area contributed by atoms with Crippen molar-refractivity contribution < 1.29 is 9.53 Å². The average molecular weight is 268 g/mol. The third-order valence-corrected chi connectivity index (χ3v) is 3.59. The molecular formula is C16H16N2O2. The first-order chi connectivity index (χ1) is 9.72. The SMILES string of the molecule is CCC(C)N1C(=O)c2ccccc2Oc2ncccc21. The Morgan fingerprint density at radius 2 is 2.05 bits per heavy atom. The quantitative estimate of drug-likeness (QED) is 0.835. The van der Waals surface area contributed by atoms with Crippen LogP contribution in [0.1, 0.15) is 30.6 Å². The monoisotopic (exact) mass is 268 g/mol. The van der Waals surface area contributed by atoms with Crippen LogP contribution in [0.4, 0.5) is 5.69 Å². The molecule has 1 aliphatic rings. The summed E-state index contributed by atoms with van der Waals surface area (Å²) in [6.45, 7) is 4.09. The zero-order chi connectivity index (χ0) is 14.1. The van der Waals surface area contributed by atoms with Gasteiger partial charge in [0.2, 0.25) is 5.88 Å². The van der Waals surface area contributed by atoms with E-state index in [-0.39, 0.29) is 11.9 Å². The Kier molecular flexibility index (Phi) is 3.14. The predicted octanol–water partition coefficient (Wildman–Crippen LogP) is 3.63. The molecule has 4 nitrogen and oxygen atoms in total. The molecule has 2 heterocycles. The molecule has 1 atom stereocenters. The average Bonchev–Trinajstić information content (AvgIpc) is 2.61. The first kappa shape index (κ1) is 12.7. The van der Waals surface area contributed by atoms with Crippen molar-refractivity contribution in [3.05, 3.63) is 48.2 Å². The second kappa shape index (κ2) is 4.96. The third-order valence-electron chi connectivity index (χ3n) is 3.59. The molecule has 1 aromatic heterocycles. The maximum Gasteiger partial charge on any atom is 0.262 e. The number of carbonyl (C=O) groups is 1. The van der Waals surface area contributed by atoms with Crippen LogP contribution < -0.4 is 9.64 Å². The van der Waals surface area contributed by atoms with Crippen molar-refractivity contribution in [3.63, 3.8) is 0 Å². The Morgan fingerprint density at radius 1 is 1.25 bits per heavy atom.